The first-order valence-corrected chi connectivity index (χ1v) is 9.02. The van der Waals surface area contributed by atoms with Crippen molar-refractivity contribution in [3.63, 3.8) is 0 Å². The Kier molecular flexibility index (Phi) is 5.63. The average Bonchev–Trinajstić information content (AvgIpc) is 2.97. The summed E-state index contributed by atoms with van der Waals surface area (Å²) in [5.41, 5.74) is 0.944. The number of hydrogen-bond donors (Lipinski definition) is 2. The van der Waals surface area contributed by atoms with Crippen molar-refractivity contribution in [2.75, 3.05) is 6.54 Å². The van der Waals surface area contributed by atoms with Crippen LogP contribution in [0.25, 0.3) is 5.76 Å². The maximum atomic E-state index is 12.8. The van der Waals surface area contributed by atoms with Gasteiger partial charge < -0.3 is 15.1 Å². The van der Waals surface area contributed by atoms with Crippen molar-refractivity contribution >= 4 is 29.1 Å². The molecule has 2 aromatic rings. The smallest absolute Gasteiger partial charge is 0.305 e. The summed E-state index contributed by atoms with van der Waals surface area (Å²) in [6, 6.07) is 10.8. The molecule has 1 saturated heterocycles. The molecule has 1 amide bonds. The SMILES string of the molecule is Cc1ccc(C(O)=C2C(=O)C(=O)N(CCC(=O)O)C2c2cccc([N+](=O)[O-])c2)cc1. The zero-order chi connectivity index (χ0) is 22.0. The minimum Gasteiger partial charge on any atom is -0.507 e. The first-order chi connectivity index (χ1) is 14.2. The number of non-ortho nitro benzene ring substituents is 1. The molecular formula is C21H18N2O7. The van der Waals surface area contributed by atoms with Gasteiger partial charge in [-0.2, -0.15) is 0 Å². The fraction of sp³-hybridized carbons (Fsp3) is 0.190. The van der Waals surface area contributed by atoms with Gasteiger partial charge in [-0.1, -0.05) is 42.0 Å². The second-order valence-corrected chi connectivity index (χ2v) is 6.85. The van der Waals surface area contributed by atoms with E-state index in [1.54, 1.807) is 24.3 Å². The van der Waals surface area contributed by atoms with Gasteiger partial charge in [-0.3, -0.25) is 24.5 Å². The number of hydrogen-bond acceptors (Lipinski definition) is 6. The van der Waals surface area contributed by atoms with Crippen LogP contribution in [0.3, 0.4) is 0 Å². The lowest BCUT2D eigenvalue weighted by Crippen LogP contribution is -2.31. The minimum atomic E-state index is -1.17. The summed E-state index contributed by atoms with van der Waals surface area (Å²) in [5.74, 6) is -3.55. The van der Waals surface area contributed by atoms with Gasteiger partial charge in [0.15, 0.2) is 0 Å². The van der Waals surface area contributed by atoms with Crippen LogP contribution in [-0.2, 0) is 14.4 Å². The van der Waals surface area contributed by atoms with Gasteiger partial charge in [0, 0.05) is 24.2 Å². The van der Waals surface area contributed by atoms with Gasteiger partial charge in [-0.25, -0.2) is 0 Å². The van der Waals surface area contributed by atoms with E-state index in [-0.39, 0.29) is 23.4 Å². The van der Waals surface area contributed by atoms with Crippen LogP contribution in [0.15, 0.2) is 54.1 Å². The highest BCUT2D eigenvalue weighted by Crippen LogP contribution is 2.40. The zero-order valence-corrected chi connectivity index (χ0v) is 15.9. The molecule has 1 heterocycles. The lowest BCUT2D eigenvalue weighted by molar-refractivity contribution is -0.384. The number of nitro groups is 1. The molecule has 1 aliphatic rings. The molecule has 9 nitrogen and oxygen atoms in total. The lowest BCUT2D eigenvalue weighted by Gasteiger charge is -2.24. The number of carboxylic acids is 1. The number of carboxylic acid groups (broad SMARTS) is 1. The van der Waals surface area contributed by atoms with E-state index >= 15 is 0 Å². The number of amides is 1. The Morgan fingerprint density at radius 2 is 1.80 bits per heavy atom. The van der Waals surface area contributed by atoms with Crippen molar-refractivity contribution in [3.8, 4) is 0 Å². The molecule has 0 saturated carbocycles. The summed E-state index contributed by atoms with van der Waals surface area (Å²) >= 11 is 0. The number of rotatable bonds is 6. The molecule has 0 spiro atoms. The Balaban J connectivity index is 2.19. The quantitative estimate of drug-likeness (QED) is 0.245. The van der Waals surface area contributed by atoms with Crippen LogP contribution in [0.4, 0.5) is 5.69 Å². The monoisotopic (exact) mass is 410 g/mol. The first-order valence-electron chi connectivity index (χ1n) is 9.02. The molecule has 0 aromatic heterocycles. The van der Waals surface area contributed by atoms with Crippen LogP contribution in [0, 0.1) is 17.0 Å². The number of aliphatic hydroxyl groups is 1. The Labute approximate surface area is 171 Å². The van der Waals surface area contributed by atoms with Crippen molar-refractivity contribution in [3.05, 3.63) is 80.9 Å². The van der Waals surface area contributed by atoms with Gasteiger partial charge in [0.25, 0.3) is 17.4 Å². The highest BCUT2D eigenvalue weighted by Gasteiger charge is 2.46. The van der Waals surface area contributed by atoms with E-state index in [1.807, 2.05) is 6.92 Å². The van der Waals surface area contributed by atoms with E-state index in [2.05, 4.69) is 0 Å². The highest BCUT2D eigenvalue weighted by molar-refractivity contribution is 6.46. The molecule has 2 N–H and O–H groups in total. The number of ketones is 1. The van der Waals surface area contributed by atoms with Gasteiger partial charge in [0.05, 0.1) is 23.0 Å². The summed E-state index contributed by atoms with van der Waals surface area (Å²) in [6.07, 6.45) is -0.428. The maximum Gasteiger partial charge on any atom is 0.305 e. The third-order valence-electron chi connectivity index (χ3n) is 4.83. The van der Waals surface area contributed by atoms with Crippen molar-refractivity contribution in [2.45, 2.75) is 19.4 Å². The van der Waals surface area contributed by atoms with Crippen molar-refractivity contribution in [1.29, 1.82) is 0 Å². The second-order valence-electron chi connectivity index (χ2n) is 6.85. The van der Waals surface area contributed by atoms with Gasteiger partial charge in [-0.15, -0.1) is 0 Å². The minimum absolute atomic E-state index is 0.224. The van der Waals surface area contributed by atoms with Gasteiger partial charge >= 0.3 is 5.97 Å². The topological polar surface area (TPSA) is 138 Å². The van der Waals surface area contributed by atoms with Crippen LogP contribution in [0.5, 0.6) is 0 Å². The maximum absolute atomic E-state index is 12.8. The van der Waals surface area contributed by atoms with Crippen LogP contribution in [0.1, 0.15) is 29.2 Å². The molecule has 0 bridgehead atoms. The van der Waals surface area contributed by atoms with Crippen LogP contribution >= 0.6 is 0 Å². The van der Waals surface area contributed by atoms with E-state index in [1.165, 1.54) is 24.3 Å². The summed E-state index contributed by atoms with van der Waals surface area (Å²) in [4.78, 5) is 48.0. The molecule has 154 valence electrons. The van der Waals surface area contributed by atoms with E-state index in [0.29, 0.717) is 5.56 Å². The fourth-order valence-corrected chi connectivity index (χ4v) is 3.35. The molecule has 9 heteroatoms. The Hall–Kier alpha value is -4.01. The number of carbonyl (C=O) groups is 3. The number of nitro benzene ring substituents is 1. The summed E-state index contributed by atoms with van der Waals surface area (Å²) in [7, 11) is 0. The molecule has 2 aromatic carbocycles. The Morgan fingerprint density at radius 1 is 1.13 bits per heavy atom. The average molecular weight is 410 g/mol. The first kappa shape index (κ1) is 20.7. The number of aliphatic hydroxyl groups excluding tert-OH is 1. The van der Waals surface area contributed by atoms with Crippen molar-refractivity contribution in [1.82, 2.24) is 4.90 Å². The number of aliphatic carboxylic acids is 1. The van der Waals surface area contributed by atoms with Crippen molar-refractivity contribution < 1.29 is 29.5 Å². The van der Waals surface area contributed by atoms with Gasteiger partial charge in [0.2, 0.25) is 0 Å². The fourth-order valence-electron chi connectivity index (χ4n) is 3.35. The van der Waals surface area contributed by atoms with Crippen LogP contribution in [-0.4, -0.2) is 44.2 Å². The van der Waals surface area contributed by atoms with E-state index < -0.39 is 40.8 Å². The molecule has 3 rings (SSSR count). The molecule has 0 radical (unpaired) electrons. The third-order valence-corrected chi connectivity index (χ3v) is 4.83. The van der Waals surface area contributed by atoms with Gasteiger partial charge in [0.1, 0.15) is 5.76 Å². The zero-order valence-electron chi connectivity index (χ0n) is 15.9. The number of aryl methyl sites for hydroxylation is 1. The Bertz CT molecular complexity index is 1070. The van der Waals surface area contributed by atoms with Crippen LogP contribution < -0.4 is 0 Å². The standard InChI is InChI=1S/C21H18N2O7/c1-12-5-7-13(8-6-12)19(26)17-18(14-3-2-4-15(11-14)23(29)30)22(10-9-16(24)25)21(28)20(17)27/h2-8,11,18,26H,9-10H2,1H3,(H,24,25). The molecular weight excluding hydrogens is 392 g/mol. The largest absolute Gasteiger partial charge is 0.507 e. The summed E-state index contributed by atoms with van der Waals surface area (Å²) < 4.78 is 0. The third kappa shape index (κ3) is 3.90. The number of benzene rings is 2. The normalized spacial score (nSPS) is 17.9. The number of carbonyl (C=O) groups excluding carboxylic acids is 2. The van der Waals surface area contributed by atoms with Crippen molar-refractivity contribution in [2.24, 2.45) is 0 Å². The summed E-state index contributed by atoms with van der Waals surface area (Å²) in [5, 5.41) is 31.0. The number of nitrogens with zero attached hydrogens (tertiary/aromatic N) is 2. The molecule has 1 unspecified atom stereocenters. The molecule has 30 heavy (non-hydrogen) atoms. The molecule has 1 atom stereocenters. The highest BCUT2D eigenvalue weighted by atomic mass is 16.6. The Morgan fingerprint density at radius 3 is 2.40 bits per heavy atom. The number of Topliss-reactive ketones (excluding diaryl/α,β-unsaturated/α-hetero) is 1. The molecule has 1 fully saturated rings. The predicted octanol–water partition coefficient (Wildman–Crippen LogP) is 2.80. The van der Waals surface area contributed by atoms with E-state index in [0.717, 1.165) is 10.5 Å². The summed E-state index contributed by atoms with van der Waals surface area (Å²) in [6.45, 7) is 1.55. The molecule has 0 aliphatic carbocycles. The van der Waals surface area contributed by atoms with Crippen LogP contribution in [0.2, 0.25) is 0 Å². The second kappa shape index (κ2) is 8.16. The number of likely N-dealkylation sites (tertiary alicyclic amines) is 1. The lowest BCUT2D eigenvalue weighted by atomic mass is 9.94. The van der Waals surface area contributed by atoms with Gasteiger partial charge in [-0.05, 0) is 12.5 Å². The van der Waals surface area contributed by atoms with E-state index in [4.69, 9.17) is 5.11 Å². The predicted molar refractivity (Wildman–Crippen MR) is 106 cm³/mol. The molecule has 1 aliphatic heterocycles. The van der Waals surface area contributed by atoms with E-state index in [9.17, 15) is 29.6 Å².